The molecule has 0 radical (unpaired) electrons. The molecule has 4 heteroatoms. The number of anilines is 1. The first-order chi connectivity index (χ1) is 9.24. The molecule has 0 aliphatic heterocycles. The summed E-state index contributed by atoms with van der Waals surface area (Å²) in [7, 11) is 1.66. The number of methoxy groups -OCH3 is 1. The Morgan fingerprint density at radius 2 is 1.84 bits per heavy atom. The Morgan fingerprint density at radius 1 is 1.16 bits per heavy atom. The van der Waals surface area contributed by atoms with Crippen LogP contribution < -0.4 is 15.8 Å². The highest BCUT2D eigenvalue weighted by atomic mass is 79.9. The predicted octanol–water partition coefficient (Wildman–Crippen LogP) is 3.57. The molecule has 0 aliphatic rings. The molecule has 0 bridgehead atoms. The van der Waals surface area contributed by atoms with Crippen LogP contribution in [0.15, 0.2) is 53.0 Å². The number of halogens is 1. The third-order valence-electron chi connectivity index (χ3n) is 2.94. The summed E-state index contributed by atoms with van der Waals surface area (Å²) in [5, 5.41) is 3.42. The second kappa shape index (κ2) is 6.59. The Bertz CT molecular complexity index is 528. The van der Waals surface area contributed by atoms with Gasteiger partial charge in [0.25, 0.3) is 0 Å². The van der Waals surface area contributed by atoms with Crippen LogP contribution in [0, 0.1) is 0 Å². The maximum atomic E-state index is 5.87. The fourth-order valence-corrected chi connectivity index (χ4v) is 2.19. The lowest BCUT2D eigenvalue weighted by molar-refractivity contribution is 0.416. The van der Waals surface area contributed by atoms with Crippen LogP contribution in [0.5, 0.6) is 5.75 Å². The van der Waals surface area contributed by atoms with Crippen LogP contribution in [0.25, 0.3) is 0 Å². The summed E-state index contributed by atoms with van der Waals surface area (Å²) in [5.41, 5.74) is 7.96. The minimum atomic E-state index is 0.0596. The summed E-state index contributed by atoms with van der Waals surface area (Å²) in [6.07, 6.45) is 0. The number of nitrogens with two attached hydrogens (primary N) is 1. The van der Waals surface area contributed by atoms with E-state index >= 15 is 0 Å². The Morgan fingerprint density at radius 3 is 2.47 bits per heavy atom. The molecule has 0 saturated carbocycles. The summed E-state index contributed by atoms with van der Waals surface area (Å²) in [6.45, 7) is 0.514. The summed E-state index contributed by atoms with van der Waals surface area (Å²) >= 11 is 3.43. The summed E-state index contributed by atoms with van der Waals surface area (Å²) in [5.74, 6) is 0.818. The number of hydrogen-bond acceptors (Lipinski definition) is 3. The van der Waals surface area contributed by atoms with Crippen molar-refractivity contribution < 1.29 is 4.74 Å². The van der Waals surface area contributed by atoms with Crippen LogP contribution in [-0.2, 0) is 0 Å². The maximum absolute atomic E-state index is 5.87. The molecule has 0 fully saturated rings. The van der Waals surface area contributed by atoms with Gasteiger partial charge in [-0.05, 0) is 29.8 Å². The number of ether oxygens (including phenoxy) is 1. The first-order valence-corrected chi connectivity index (χ1v) is 6.89. The highest BCUT2D eigenvalue weighted by Gasteiger charge is 2.11. The van der Waals surface area contributed by atoms with E-state index in [2.05, 4.69) is 33.4 Å². The fourth-order valence-electron chi connectivity index (χ4n) is 1.93. The number of benzene rings is 2. The minimum Gasteiger partial charge on any atom is -0.495 e. The van der Waals surface area contributed by atoms with Crippen LogP contribution in [-0.4, -0.2) is 13.7 Å². The zero-order valence-corrected chi connectivity index (χ0v) is 12.4. The molecule has 0 spiro atoms. The molecule has 0 saturated heterocycles. The van der Waals surface area contributed by atoms with Gasteiger partial charge in [-0.3, -0.25) is 0 Å². The Labute approximate surface area is 121 Å². The van der Waals surface area contributed by atoms with Crippen molar-refractivity contribution in [1.29, 1.82) is 0 Å². The maximum Gasteiger partial charge on any atom is 0.141 e. The standard InChI is InChI=1S/C15H17BrN2O/c1-19-15-5-3-2-4-13(15)18-14(10-17)11-6-8-12(16)9-7-11/h2-9,14,18H,10,17H2,1H3. The lowest BCUT2D eigenvalue weighted by atomic mass is 10.1. The van der Waals surface area contributed by atoms with E-state index in [-0.39, 0.29) is 6.04 Å². The molecule has 2 aromatic rings. The smallest absolute Gasteiger partial charge is 0.141 e. The van der Waals surface area contributed by atoms with Gasteiger partial charge in [-0.15, -0.1) is 0 Å². The van der Waals surface area contributed by atoms with Crippen molar-refractivity contribution in [1.82, 2.24) is 0 Å². The van der Waals surface area contributed by atoms with E-state index < -0.39 is 0 Å². The van der Waals surface area contributed by atoms with Crippen molar-refractivity contribution in [2.24, 2.45) is 5.73 Å². The van der Waals surface area contributed by atoms with Crippen molar-refractivity contribution >= 4 is 21.6 Å². The molecule has 0 heterocycles. The number of nitrogens with one attached hydrogen (secondary N) is 1. The lowest BCUT2D eigenvalue weighted by Crippen LogP contribution is -2.20. The molecular weight excluding hydrogens is 304 g/mol. The van der Waals surface area contributed by atoms with Gasteiger partial charge < -0.3 is 15.8 Å². The molecule has 3 nitrogen and oxygen atoms in total. The van der Waals surface area contributed by atoms with E-state index in [1.807, 2.05) is 36.4 Å². The largest absolute Gasteiger partial charge is 0.495 e. The van der Waals surface area contributed by atoms with Crippen LogP contribution >= 0.6 is 15.9 Å². The van der Waals surface area contributed by atoms with Crippen molar-refractivity contribution in [3.63, 3.8) is 0 Å². The van der Waals surface area contributed by atoms with Gasteiger partial charge in [0.2, 0.25) is 0 Å². The third-order valence-corrected chi connectivity index (χ3v) is 3.47. The van der Waals surface area contributed by atoms with Crippen molar-refractivity contribution in [3.05, 3.63) is 58.6 Å². The van der Waals surface area contributed by atoms with Crippen LogP contribution in [0.1, 0.15) is 11.6 Å². The Hall–Kier alpha value is -1.52. The SMILES string of the molecule is COc1ccccc1NC(CN)c1ccc(Br)cc1. The normalized spacial score (nSPS) is 11.9. The second-order valence-corrected chi connectivity index (χ2v) is 5.10. The summed E-state index contributed by atoms with van der Waals surface area (Å²) < 4.78 is 6.39. The first kappa shape index (κ1) is 13.9. The quantitative estimate of drug-likeness (QED) is 0.885. The fraction of sp³-hybridized carbons (Fsp3) is 0.200. The van der Waals surface area contributed by atoms with E-state index in [1.165, 1.54) is 0 Å². The predicted molar refractivity (Wildman–Crippen MR) is 82.6 cm³/mol. The molecule has 1 unspecified atom stereocenters. The van der Waals surface area contributed by atoms with Crippen LogP contribution in [0.2, 0.25) is 0 Å². The molecule has 1 atom stereocenters. The highest BCUT2D eigenvalue weighted by Crippen LogP contribution is 2.27. The topological polar surface area (TPSA) is 47.3 Å². The van der Waals surface area contributed by atoms with Crippen LogP contribution in [0.4, 0.5) is 5.69 Å². The second-order valence-electron chi connectivity index (χ2n) is 4.18. The van der Waals surface area contributed by atoms with Crippen LogP contribution in [0.3, 0.4) is 0 Å². The van der Waals surface area contributed by atoms with Gasteiger partial charge in [-0.1, -0.05) is 40.2 Å². The molecule has 2 rings (SSSR count). The average molecular weight is 321 g/mol. The van der Waals surface area contributed by atoms with Gasteiger partial charge in [0.1, 0.15) is 5.75 Å². The van der Waals surface area contributed by atoms with Gasteiger partial charge in [-0.25, -0.2) is 0 Å². The minimum absolute atomic E-state index is 0.0596. The number of hydrogen-bond donors (Lipinski definition) is 2. The molecule has 3 N–H and O–H groups in total. The van der Waals surface area contributed by atoms with Crippen molar-refractivity contribution in [2.45, 2.75) is 6.04 Å². The van der Waals surface area contributed by atoms with Gasteiger partial charge in [0.05, 0.1) is 18.8 Å². The summed E-state index contributed by atoms with van der Waals surface area (Å²) in [4.78, 5) is 0. The van der Waals surface area contributed by atoms with E-state index in [4.69, 9.17) is 10.5 Å². The Balaban J connectivity index is 2.21. The van der Waals surface area contributed by atoms with E-state index in [0.29, 0.717) is 6.54 Å². The molecule has 100 valence electrons. The number of rotatable bonds is 5. The molecule has 2 aromatic carbocycles. The van der Waals surface area contributed by atoms with E-state index in [1.54, 1.807) is 7.11 Å². The van der Waals surface area contributed by atoms with Gasteiger partial charge >= 0.3 is 0 Å². The molecule has 0 amide bonds. The monoisotopic (exact) mass is 320 g/mol. The summed E-state index contributed by atoms with van der Waals surface area (Å²) in [6, 6.07) is 16.0. The van der Waals surface area contributed by atoms with Crippen molar-refractivity contribution in [3.8, 4) is 5.75 Å². The molecule has 0 aromatic heterocycles. The van der Waals surface area contributed by atoms with Gasteiger partial charge in [0.15, 0.2) is 0 Å². The van der Waals surface area contributed by atoms with Crippen molar-refractivity contribution in [2.75, 3.05) is 19.0 Å². The zero-order chi connectivity index (χ0) is 13.7. The zero-order valence-electron chi connectivity index (χ0n) is 10.8. The first-order valence-electron chi connectivity index (χ1n) is 6.09. The molecule has 0 aliphatic carbocycles. The van der Waals surface area contributed by atoms with E-state index in [0.717, 1.165) is 21.5 Å². The Kier molecular flexibility index (Phi) is 4.82. The molecule has 19 heavy (non-hydrogen) atoms. The molecular formula is C15H17BrN2O. The van der Waals surface area contributed by atoms with Gasteiger partial charge in [-0.2, -0.15) is 0 Å². The third kappa shape index (κ3) is 3.49. The highest BCUT2D eigenvalue weighted by molar-refractivity contribution is 9.10. The average Bonchev–Trinajstić information content (AvgIpc) is 2.46. The van der Waals surface area contributed by atoms with Gasteiger partial charge in [0, 0.05) is 11.0 Å². The van der Waals surface area contributed by atoms with E-state index in [9.17, 15) is 0 Å². The number of para-hydroxylation sites is 2. The lowest BCUT2D eigenvalue weighted by Gasteiger charge is -2.20.